The fourth-order valence-corrected chi connectivity index (χ4v) is 1.98. The Balaban J connectivity index is 1.83. The van der Waals surface area contributed by atoms with E-state index in [2.05, 4.69) is 10.2 Å². The van der Waals surface area contributed by atoms with E-state index in [0.717, 1.165) is 32.7 Å². The van der Waals surface area contributed by atoms with Gasteiger partial charge in [-0.15, -0.1) is 0 Å². The summed E-state index contributed by atoms with van der Waals surface area (Å²) in [5, 5.41) is 3.30. The predicted molar refractivity (Wildman–Crippen MR) is 67.8 cm³/mol. The van der Waals surface area contributed by atoms with E-state index < -0.39 is 0 Å². The van der Waals surface area contributed by atoms with E-state index in [0.29, 0.717) is 18.1 Å². The molecule has 0 amide bonds. The molecule has 4 nitrogen and oxygen atoms in total. The molecular formula is C13H19FN2O2. The van der Waals surface area contributed by atoms with Gasteiger partial charge in [0, 0.05) is 38.8 Å². The Bertz CT molecular complexity index is 381. The van der Waals surface area contributed by atoms with E-state index in [1.807, 2.05) is 0 Å². The first-order valence-electron chi connectivity index (χ1n) is 6.19. The van der Waals surface area contributed by atoms with Gasteiger partial charge in [0.15, 0.2) is 11.5 Å². The first-order valence-corrected chi connectivity index (χ1v) is 6.19. The molecule has 5 heteroatoms. The van der Waals surface area contributed by atoms with Gasteiger partial charge in [-0.25, -0.2) is 4.39 Å². The quantitative estimate of drug-likeness (QED) is 0.853. The Morgan fingerprint density at radius 2 is 2.06 bits per heavy atom. The minimum absolute atomic E-state index is 0.312. The van der Waals surface area contributed by atoms with Crippen molar-refractivity contribution in [2.45, 2.75) is 0 Å². The highest BCUT2D eigenvalue weighted by atomic mass is 19.1. The molecule has 1 heterocycles. The maximum atomic E-state index is 13.1. The van der Waals surface area contributed by atoms with Gasteiger partial charge in [-0.2, -0.15) is 0 Å². The fraction of sp³-hybridized carbons (Fsp3) is 0.538. The number of hydrogen-bond donors (Lipinski definition) is 1. The second kappa shape index (κ2) is 6.56. The summed E-state index contributed by atoms with van der Waals surface area (Å²) in [6.07, 6.45) is 0. The van der Waals surface area contributed by atoms with Gasteiger partial charge >= 0.3 is 0 Å². The number of piperazine rings is 1. The molecule has 0 unspecified atom stereocenters. The summed E-state index contributed by atoms with van der Waals surface area (Å²) in [4.78, 5) is 2.32. The van der Waals surface area contributed by atoms with Crippen molar-refractivity contribution in [3.63, 3.8) is 0 Å². The van der Waals surface area contributed by atoms with Crippen LogP contribution in [-0.2, 0) is 0 Å². The van der Waals surface area contributed by atoms with Crippen molar-refractivity contribution < 1.29 is 13.9 Å². The van der Waals surface area contributed by atoms with Gasteiger partial charge in [0.05, 0.1) is 7.11 Å². The zero-order valence-electron chi connectivity index (χ0n) is 10.6. The highest BCUT2D eigenvalue weighted by Crippen LogP contribution is 2.27. The molecule has 18 heavy (non-hydrogen) atoms. The van der Waals surface area contributed by atoms with Crippen LogP contribution in [0, 0.1) is 5.82 Å². The topological polar surface area (TPSA) is 33.7 Å². The van der Waals surface area contributed by atoms with E-state index in [1.165, 1.54) is 12.1 Å². The minimum atomic E-state index is -0.312. The minimum Gasteiger partial charge on any atom is -0.493 e. The van der Waals surface area contributed by atoms with Gasteiger partial charge in [-0.1, -0.05) is 0 Å². The number of halogens is 1. The third-order valence-electron chi connectivity index (χ3n) is 3.00. The summed E-state index contributed by atoms with van der Waals surface area (Å²) in [5.74, 6) is 0.720. The third-order valence-corrected chi connectivity index (χ3v) is 3.00. The standard InChI is InChI=1S/C13H19FN2O2/c1-17-12-3-2-11(14)10-13(12)18-9-8-16-6-4-15-5-7-16/h2-3,10,15H,4-9H2,1H3. The van der Waals surface area contributed by atoms with Gasteiger partial charge in [-0.05, 0) is 12.1 Å². The van der Waals surface area contributed by atoms with Crippen molar-refractivity contribution in [3.05, 3.63) is 24.0 Å². The number of benzene rings is 1. The summed E-state index contributed by atoms with van der Waals surface area (Å²) in [6, 6.07) is 4.30. The number of rotatable bonds is 5. The molecule has 0 bridgehead atoms. The van der Waals surface area contributed by atoms with E-state index in [-0.39, 0.29) is 5.82 Å². The molecule has 0 spiro atoms. The molecule has 1 aromatic carbocycles. The van der Waals surface area contributed by atoms with Gasteiger partial charge in [0.25, 0.3) is 0 Å². The van der Waals surface area contributed by atoms with Gasteiger partial charge in [0.1, 0.15) is 12.4 Å². The molecule has 100 valence electrons. The second-order valence-electron chi connectivity index (χ2n) is 4.24. The van der Waals surface area contributed by atoms with Crippen LogP contribution in [0.3, 0.4) is 0 Å². The lowest BCUT2D eigenvalue weighted by Gasteiger charge is -2.27. The van der Waals surface area contributed by atoms with E-state index in [1.54, 1.807) is 13.2 Å². The maximum Gasteiger partial charge on any atom is 0.164 e. The lowest BCUT2D eigenvalue weighted by atomic mass is 10.3. The monoisotopic (exact) mass is 254 g/mol. The zero-order chi connectivity index (χ0) is 12.8. The van der Waals surface area contributed by atoms with Crippen LogP contribution in [0.15, 0.2) is 18.2 Å². The van der Waals surface area contributed by atoms with Gasteiger partial charge < -0.3 is 14.8 Å². The molecule has 1 fully saturated rings. The molecular weight excluding hydrogens is 235 g/mol. The van der Waals surface area contributed by atoms with Crippen molar-refractivity contribution in [2.75, 3.05) is 46.4 Å². The van der Waals surface area contributed by atoms with Crippen LogP contribution in [0.2, 0.25) is 0 Å². The van der Waals surface area contributed by atoms with Crippen LogP contribution in [0.1, 0.15) is 0 Å². The first kappa shape index (κ1) is 13.1. The number of ether oxygens (including phenoxy) is 2. The summed E-state index contributed by atoms with van der Waals surface area (Å²) in [6.45, 7) is 5.49. The van der Waals surface area contributed by atoms with Crippen LogP contribution in [0.5, 0.6) is 11.5 Å². The Labute approximate surface area is 107 Å². The molecule has 1 aliphatic rings. The molecule has 1 aliphatic heterocycles. The van der Waals surface area contributed by atoms with Crippen LogP contribution in [-0.4, -0.2) is 51.3 Å². The molecule has 0 radical (unpaired) electrons. The first-order chi connectivity index (χ1) is 8.79. The van der Waals surface area contributed by atoms with E-state index >= 15 is 0 Å². The highest BCUT2D eigenvalue weighted by Gasteiger charge is 2.10. The predicted octanol–water partition coefficient (Wildman–Crippen LogP) is 1.12. The van der Waals surface area contributed by atoms with Crippen LogP contribution in [0.25, 0.3) is 0 Å². The summed E-state index contributed by atoms with van der Waals surface area (Å²) in [7, 11) is 1.55. The van der Waals surface area contributed by atoms with Crippen molar-refractivity contribution >= 4 is 0 Å². The smallest absolute Gasteiger partial charge is 0.164 e. The summed E-state index contributed by atoms with van der Waals surface area (Å²) >= 11 is 0. The number of nitrogens with zero attached hydrogens (tertiary/aromatic N) is 1. The lowest BCUT2D eigenvalue weighted by molar-refractivity contribution is 0.188. The molecule has 0 aromatic heterocycles. The average molecular weight is 254 g/mol. The Hall–Kier alpha value is -1.33. The SMILES string of the molecule is COc1ccc(F)cc1OCCN1CCNCC1. The Morgan fingerprint density at radius 3 is 2.78 bits per heavy atom. The lowest BCUT2D eigenvalue weighted by Crippen LogP contribution is -2.44. The number of nitrogens with one attached hydrogen (secondary N) is 1. The molecule has 1 saturated heterocycles. The van der Waals surface area contributed by atoms with Crippen molar-refractivity contribution in [3.8, 4) is 11.5 Å². The fourth-order valence-electron chi connectivity index (χ4n) is 1.98. The molecule has 0 saturated carbocycles. The van der Waals surface area contributed by atoms with E-state index in [9.17, 15) is 4.39 Å². The average Bonchev–Trinajstić information content (AvgIpc) is 2.40. The van der Waals surface area contributed by atoms with Crippen LogP contribution < -0.4 is 14.8 Å². The summed E-state index contributed by atoms with van der Waals surface area (Å²) in [5.41, 5.74) is 0. The Kier molecular flexibility index (Phi) is 4.78. The second-order valence-corrected chi connectivity index (χ2v) is 4.24. The highest BCUT2D eigenvalue weighted by molar-refractivity contribution is 5.39. The van der Waals surface area contributed by atoms with Crippen molar-refractivity contribution in [1.82, 2.24) is 10.2 Å². The maximum absolute atomic E-state index is 13.1. The Morgan fingerprint density at radius 1 is 1.28 bits per heavy atom. The number of methoxy groups -OCH3 is 1. The molecule has 0 atom stereocenters. The normalized spacial score (nSPS) is 16.6. The van der Waals surface area contributed by atoms with Crippen LogP contribution >= 0.6 is 0 Å². The zero-order valence-corrected chi connectivity index (χ0v) is 10.6. The van der Waals surface area contributed by atoms with Crippen molar-refractivity contribution in [2.24, 2.45) is 0 Å². The molecule has 2 rings (SSSR count). The molecule has 0 aliphatic carbocycles. The molecule has 1 N–H and O–H groups in total. The van der Waals surface area contributed by atoms with E-state index in [4.69, 9.17) is 9.47 Å². The number of hydrogen-bond acceptors (Lipinski definition) is 4. The third kappa shape index (κ3) is 3.58. The summed E-state index contributed by atoms with van der Waals surface area (Å²) < 4.78 is 23.8. The van der Waals surface area contributed by atoms with Gasteiger partial charge in [-0.3, -0.25) is 4.90 Å². The van der Waals surface area contributed by atoms with Gasteiger partial charge in [0.2, 0.25) is 0 Å². The largest absolute Gasteiger partial charge is 0.493 e. The van der Waals surface area contributed by atoms with Crippen LogP contribution in [0.4, 0.5) is 4.39 Å². The molecule has 1 aromatic rings. The van der Waals surface area contributed by atoms with Crippen molar-refractivity contribution in [1.29, 1.82) is 0 Å².